The molecule has 0 saturated heterocycles. The highest BCUT2D eigenvalue weighted by atomic mass is 14.7. The summed E-state index contributed by atoms with van der Waals surface area (Å²) in [7, 11) is 0. The molecule has 4 rings (SSSR count). The van der Waals surface area contributed by atoms with Crippen molar-refractivity contribution in [3.63, 3.8) is 0 Å². The second-order valence-corrected chi connectivity index (χ2v) is 5.89. The van der Waals surface area contributed by atoms with Gasteiger partial charge in [0.15, 0.2) is 0 Å². The van der Waals surface area contributed by atoms with Gasteiger partial charge in [0.2, 0.25) is 0 Å². The number of rotatable bonds is 1. The van der Waals surface area contributed by atoms with Gasteiger partial charge in [-0.15, -0.1) is 0 Å². The monoisotopic (exact) mass is 283 g/mol. The molecule has 0 aliphatic rings. The lowest BCUT2D eigenvalue weighted by Crippen LogP contribution is -1.90. The largest absolute Gasteiger partial charge is 0.248 e. The van der Waals surface area contributed by atoms with E-state index in [4.69, 9.17) is 4.98 Å². The molecule has 0 aliphatic heterocycles. The minimum absolute atomic E-state index is 1.05. The third kappa shape index (κ3) is 2.06. The first-order valence-electron chi connectivity index (χ1n) is 7.58. The molecular weight excluding hydrogens is 266 g/mol. The Morgan fingerprint density at radius 1 is 0.636 bits per heavy atom. The summed E-state index contributed by atoms with van der Waals surface area (Å²) in [6, 6.07) is 23.6. The number of pyridine rings is 1. The van der Waals surface area contributed by atoms with Gasteiger partial charge in [0.05, 0.1) is 11.0 Å². The van der Waals surface area contributed by atoms with E-state index < -0.39 is 0 Å². The summed E-state index contributed by atoms with van der Waals surface area (Å²) in [5.74, 6) is 0. The van der Waals surface area contributed by atoms with Crippen molar-refractivity contribution >= 4 is 21.8 Å². The molecule has 22 heavy (non-hydrogen) atoms. The maximum absolute atomic E-state index is 4.85. The predicted molar refractivity (Wildman–Crippen MR) is 94.2 cm³/mol. The quantitative estimate of drug-likeness (QED) is 0.410. The van der Waals surface area contributed by atoms with Gasteiger partial charge >= 0.3 is 0 Å². The molecule has 1 heteroatoms. The van der Waals surface area contributed by atoms with Crippen LogP contribution < -0.4 is 0 Å². The molecule has 3 aromatic carbocycles. The highest BCUT2D eigenvalue weighted by molar-refractivity contribution is 6.09. The van der Waals surface area contributed by atoms with Crippen LogP contribution in [0.15, 0.2) is 66.7 Å². The Labute approximate surface area is 130 Å². The normalized spacial score (nSPS) is 11.2. The molecule has 0 aliphatic carbocycles. The van der Waals surface area contributed by atoms with Crippen LogP contribution in [0.2, 0.25) is 0 Å². The maximum Gasteiger partial charge on any atom is 0.0718 e. The third-order valence-corrected chi connectivity index (χ3v) is 4.14. The predicted octanol–water partition coefficient (Wildman–Crippen LogP) is 5.67. The molecule has 0 unspecified atom stereocenters. The molecule has 4 aromatic rings. The maximum atomic E-state index is 4.85. The minimum Gasteiger partial charge on any atom is -0.248 e. The van der Waals surface area contributed by atoms with Gasteiger partial charge in [0.25, 0.3) is 0 Å². The van der Waals surface area contributed by atoms with Crippen molar-refractivity contribution in [1.82, 2.24) is 4.98 Å². The summed E-state index contributed by atoms with van der Waals surface area (Å²) < 4.78 is 0. The number of aryl methyl sites for hydroxylation is 2. The molecule has 1 aromatic heterocycles. The fraction of sp³-hybridized carbons (Fsp3) is 0.0952. The van der Waals surface area contributed by atoms with E-state index >= 15 is 0 Å². The Morgan fingerprint density at radius 3 is 2.27 bits per heavy atom. The van der Waals surface area contributed by atoms with Crippen molar-refractivity contribution in [3.8, 4) is 11.1 Å². The molecule has 1 heterocycles. The van der Waals surface area contributed by atoms with E-state index in [0.717, 1.165) is 11.0 Å². The van der Waals surface area contributed by atoms with Crippen LogP contribution in [-0.4, -0.2) is 4.98 Å². The number of hydrogen-bond acceptors (Lipinski definition) is 1. The second kappa shape index (κ2) is 4.96. The van der Waals surface area contributed by atoms with Crippen molar-refractivity contribution in [2.75, 3.05) is 0 Å². The van der Waals surface area contributed by atoms with Gasteiger partial charge in [0, 0.05) is 16.3 Å². The standard InChI is InChI=1S/C21H17N/c1-14-6-5-7-16(12-14)21-17-8-3-4-9-19(17)22-20-13-15(2)10-11-18(20)21/h3-13H,1-2H3. The Morgan fingerprint density at radius 2 is 1.41 bits per heavy atom. The van der Waals surface area contributed by atoms with E-state index in [9.17, 15) is 0 Å². The average Bonchev–Trinajstić information content (AvgIpc) is 2.52. The first kappa shape index (κ1) is 13.0. The summed E-state index contributed by atoms with van der Waals surface area (Å²) >= 11 is 0. The van der Waals surface area contributed by atoms with Gasteiger partial charge < -0.3 is 0 Å². The first-order chi connectivity index (χ1) is 10.7. The van der Waals surface area contributed by atoms with Crippen LogP contribution in [0.25, 0.3) is 32.9 Å². The number of benzene rings is 3. The van der Waals surface area contributed by atoms with Crippen molar-refractivity contribution in [2.24, 2.45) is 0 Å². The van der Waals surface area contributed by atoms with Gasteiger partial charge in [-0.1, -0.05) is 60.2 Å². The third-order valence-electron chi connectivity index (χ3n) is 4.14. The number of nitrogens with zero attached hydrogens (tertiary/aromatic N) is 1. The number of aromatic nitrogens is 1. The lowest BCUT2D eigenvalue weighted by atomic mass is 9.95. The first-order valence-corrected chi connectivity index (χ1v) is 7.58. The van der Waals surface area contributed by atoms with Crippen LogP contribution in [0, 0.1) is 13.8 Å². The second-order valence-electron chi connectivity index (χ2n) is 5.89. The molecule has 0 N–H and O–H groups in total. The van der Waals surface area contributed by atoms with E-state index in [1.165, 1.54) is 33.0 Å². The highest BCUT2D eigenvalue weighted by Crippen LogP contribution is 2.35. The number of para-hydroxylation sites is 1. The highest BCUT2D eigenvalue weighted by Gasteiger charge is 2.11. The molecule has 0 atom stereocenters. The zero-order valence-electron chi connectivity index (χ0n) is 12.8. The van der Waals surface area contributed by atoms with Crippen LogP contribution in [0.5, 0.6) is 0 Å². The van der Waals surface area contributed by atoms with E-state index in [1.807, 2.05) is 0 Å². The summed E-state index contributed by atoms with van der Waals surface area (Å²) in [6.07, 6.45) is 0. The van der Waals surface area contributed by atoms with E-state index in [2.05, 4.69) is 80.6 Å². The van der Waals surface area contributed by atoms with Crippen LogP contribution in [0.4, 0.5) is 0 Å². The van der Waals surface area contributed by atoms with Crippen LogP contribution in [-0.2, 0) is 0 Å². The molecule has 106 valence electrons. The van der Waals surface area contributed by atoms with E-state index in [-0.39, 0.29) is 0 Å². The van der Waals surface area contributed by atoms with Crippen LogP contribution >= 0.6 is 0 Å². The Kier molecular flexibility index (Phi) is 2.93. The zero-order valence-corrected chi connectivity index (χ0v) is 12.8. The molecule has 0 amide bonds. The fourth-order valence-corrected chi connectivity index (χ4v) is 3.11. The smallest absolute Gasteiger partial charge is 0.0718 e. The lowest BCUT2D eigenvalue weighted by Gasteiger charge is -2.12. The van der Waals surface area contributed by atoms with Crippen LogP contribution in [0.3, 0.4) is 0 Å². The van der Waals surface area contributed by atoms with Crippen LogP contribution in [0.1, 0.15) is 11.1 Å². The zero-order chi connectivity index (χ0) is 15.1. The van der Waals surface area contributed by atoms with Crippen molar-refractivity contribution in [1.29, 1.82) is 0 Å². The Bertz CT molecular complexity index is 999. The summed E-state index contributed by atoms with van der Waals surface area (Å²) in [6.45, 7) is 4.25. The summed E-state index contributed by atoms with van der Waals surface area (Å²) in [5, 5.41) is 2.43. The summed E-state index contributed by atoms with van der Waals surface area (Å²) in [5.41, 5.74) is 7.17. The van der Waals surface area contributed by atoms with Gasteiger partial charge in [-0.25, -0.2) is 4.98 Å². The van der Waals surface area contributed by atoms with Crippen molar-refractivity contribution in [2.45, 2.75) is 13.8 Å². The lowest BCUT2D eigenvalue weighted by molar-refractivity contribution is 1.43. The van der Waals surface area contributed by atoms with Gasteiger partial charge in [-0.05, 0) is 37.1 Å². The van der Waals surface area contributed by atoms with Crippen molar-refractivity contribution in [3.05, 3.63) is 77.9 Å². The van der Waals surface area contributed by atoms with E-state index in [1.54, 1.807) is 0 Å². The van der Waals surface area contributed by atoms with Gasteiger partial charge in [-0.3, -0.25) is 0 Å². The SMILES string of the molecule is Cc1cccc(-c2c3ccccc3nc3cc(C)ccc23)c1. The molecular formula is C21H17N. The molecule has 0 spiro atoms. The fourth-order valence-electron chi connectivity index (χ4n) is 3.11. The molecule has 0 saturated carbocycles. The summed E-state index contributed by atoms with van der Waals surface area (Å²) in [4.78, 5) is 4.85. The Hall–Kier alpha value is -2.67. The van der Waals surface area contributed by atoms with Crippen molar-refractivity contribution < 1.29 is 0 Å². The minimum atomic E-state index is 1.05. The number of fused-ring (bicyclic) bond motifs is 2. The van der Waals surface area contributed by atoms with E-state index in [0.29, 0.717) is 0 Å². The molecule has 0 radical (unpaired) electrons. The molecule has 1 nitrogen and oxygen atoms in total. The topological polar surface area (TPSA) is 12.9 Å². The van der Waals surface area contributed by atoms with Gasteiger partial charge in [-0.2, -0.15) is 0 Å². The van der Waals surface area contributed by atoms with Gasteiger partial charge in [0.1, 0.15) is 0 Å². The Balaban J connectivity index is 2.21. The molecule has 0 fully saturated rings. The average molecular weight is 283 g/mol. The molecule has 0 bridgehead atoms. The number of hydrogen-bond donors (Lipinski definition) is 0.